The molecule has 1 radical (unpaired) electrons. The van der Waals surface area contributed by atoms with E-state index in [4.69, 9.17) is 5.11 Å². The molecule has 1 unspecified atom stereocenters. The third-order valence-corrected chi connectivity index (χ3v) is 0.630. The molecule has 5 nitrogen and oxygen atoms in total. The van der Waals surface area contributed by atoms with E-state index in [0.29, 0.717) is 0 Å². The van der Waals surface area contributed by atoms with Crippen molar-refractivity contribution < 1.29 is 42.0 Å². The van der Waals surface area contributed by atoms with Crippen molar-refractivity contribution in [2.75, 3.05) is 0 Å². The average Bonchev–Trinajstić information content (AvgIpc) is 1.89. The predicted molar refractivity (Wildman–Crippen MR) is 32.0 cm³/mol. The van der Waals surface area contributed by atoms with Gasteiger partial charge < -0.3 is 24.9 Å². The summed E-state index contributed by atoms with van der Waals surface area (Å²) in [5.74, 6) is -2.43. The quantitative estimate of drug-likeness (QED) is 0.514. The first-order valence-electron chi connectivity index (χ1n) is 3.00. The van der Waals surface area contributed by atoms with Crippen LogP contribution in [0.5, 0.6) is 0 Å². The number of aliphatic carboxylic acids is 2. The van der Waals surface area contributed by atoms with Crippen LogP contribution in [0, 0.1) is 0 Å². The van der Waals surface area contributed by atoms with Gasteiger partial charge in [-0.15, -0.1) is 0 Å². The molecule has 0 aromatic heterocycles. The van der Waals surface area contributed by atoms with Crippen LogP contribution in [0.3, 0.4) is 0 Å². The summed E-state index contributed by atoms with van der Waals surface area (Å²) in [7, 11) is 0. The molecule has 1 N–H and O–H groups in total. The van der Waals surface area contributed by atoms with Crippen molar-refractivity contribution in [3.8, 4) is 0 Å². The normalized spacial score (nSPS) is 9.92. The van der Waals surface area contributed by atoms with E-state index in [0.717, 1.165) is 6.92 Å². The van der Waals surface area contributed by atoms with Crippen LogP contribution in [0.4, 0.5) is 0 Å². The topological polar surface area (TPSA) is 100 Å². The second-order valence-corrected chi connectivity index (χ2v) is 1.72. The fourth-order valence-corrected chi connectivity index (χ4v) is 0. The molecule has 6 heteroatoms. The number of carboxylic acids is 2. The second kappa shape index (κ2) is 10.4. The summed E-state index contributed by atoms with van der Waals surface area (Å²) in [5, 5.41) is 26.6. The molecule has 0 rings (SSSR count). The van der Waals surface area contributed by atoms with Crippen LogP contribution < -0.4 is 10.2 Å². The van der Waals surface area contributed by atoms with Gasteiger partial charge in [0.15, 0.2) is 0 Å². The summed E-state index contributed by atoms with van der Waals surface area (Å²) >= 11 is 0. The van der Waals surface area contributed by atoms with E-state index in [1.54, 1.807) is 0 Å². The van der Waals surface area contributed by atoms with Crippen molar-refractivity contribution in [3.05, 3.63) is 0 Å². The number of aliphatic hydroxyl groups is 1. The van der Waals surface area contributed by atoms with Gasteiger partial charge in [-0.2, -0.15) is 0 Å². The standard InChI is InChI=1S/C3H6O3.C3H6O2.Cu/c1-2(4)3(5)6;1-2-3(4)5;/h2,4H,1H3,(H,5,6);2H2,1H3,(H,4,5);/q;;+2/p-2. The third-order valence-electron chi connectivity index (χ3n) is 0.630. The Labute approximate surface area is 80.9 Å². The zero-order chi connectivity index (χ0) is 9.44. The molecule has 0 amide bonds. The van der Waals surface area contributed by atoms with Crippen molar-refractivity contribution in [1.82, 2.24) is 0 Å². The first-order chi connectivity index (χ1) is 4.91. The second-order valence-electron chi connectivity index (χ2n) is 1.72. The number of hydrogen-bond acceptors (Lipinski definition) is 5. The molecule has 0 fully saturated rings. The maximum absolute atomic E-state index is 9.34. The smallest absolute Gasteiger partial charge is 0.550 e. The molecule has 1 atom stereocenters. The van der Waals surface area contributed by atoms with Gasteiger partial charge in [0.2, 0.25) is 0 Å². The van der Waals surface area contributed by atoms with Crippen molar-refractivity contribution in [1.29, 1.82) is 0 Å². The molecule has 0 aliphatic carbocycles. The summed E-state index contributed by atoms with van der Waals surface area (Å²) < 4.78 is 0. The summed E-state index contributed by atoms with van der Waals surface area (Å²) in [6.45, 7) is 2.67. The van der Waals surface area contributed by atoms with Crippen LogP contribution in [0.2, 0.25) is 0 Å². The summed E-state index contributed by atoms with van der Waals surface area (Å²) in [4.78, 5) is 18.6. The molecule has 0 aliphatic heterocycles. The van der Waals surface area contributed by atoms with E-state index in [2.05, 4.69) is 0 Å². The van der Waals surface area contributed by atoms with Crippen molar-refractivity contribution >= 4 is 11.9 Å². The maximum atomic E-state index is 9.34. The first-order valence-corrected chi connectivity index (χ1v) is 3.00. The van der Waals surface area contributed by atoms with Gasteiger partial charge in [-0.25, -0.2) is 0 Å². The summed E-state index contributed by atoms with van der Waals surface area (Å²) in [5.41, 5.74) is 0. The van der Waals surface area contributed by atoms with E-state index in [-0.39, 0.29) is 23.5 Å². The van der Waals surface area contributed by atoms with Crippen LogP contribution in [-0.4, -0.2) is 23.1 Å². The summed E-state index contributed by atoms with van der Waals surface area (Å²) in [6, 6.07) is 0. The van der Waals surface area contributed by atoms with E-state index in [1.807, 2.05) is 0 Å². The molecular formula is C6H10CuO5. The number of carboxylic acid groups (broad SMARTS) is 2. The third kappa shape index (κ3) is 22.7. The minimum atomic E-state index is -1.44. The maximum Gasteiger partial charge on any atom is 2.00 e. The van der Waals surface area contributed by atoms with E-state index < -0.39 is 18.0 Å². The Morgan fingerprint density at radius 2 is 1.58 bits per heavy atom. The average molecular weight is 226 g/mol. The molecular weight excluding hydrogens is 216 g/mol. The van der Waals surface area contributed by atoms with E-state index >= 15 is 0 Å². The minimum Gasteiger partial charge on any atom is -0.550 e. The van der Waals surface area contributed by atoms with Crippen molar-refractivity contribution in [3.63, 3.8) is 0 Å². The first kappa shape index (κ1) is 17.5. The van der Waals surface area contributed by atoms with Gasteiger partial charge in [0.25, 0.3) is 0 Å². The van der Waals surface area contributed by atoms with Crippen LogP contribution in [0.25, 0.3) is 0 Å². The van der Waals surface area contributed by atoms with Crippen molar-refractivity contribution in [2.24, 2.45) is 0 Å². The number of hydrogen-bond donors (Lipinski definition) is 1. The van der Waals surface area contributed by atoms with Gasteiger partial charge in [-0.05, 0) is 13.3 Å². The molecule has 0 aromatic rings. The molecule has 0 aliphatic rings. The Morgan fingerprint density at radius 3 is 1.58 bits per heavy atom. The molecule has 0 aromatic carbocycles. The van der Waals surface area contributed by atoms with Gasteiger partial charge in [-0.1, -0.05) is 6.92 Å². The molecule has 0 heterocycles. The van der Waals surface area contributed by atoms with Gasteiger partial charge in [0.1, 0.15) is 0 Å². The molecule has 0 saturated heterocycles. The zero-order valence-corrected chi connectivity index (χ0v) is 7.61. The number of carbonyl (C=O) groups excluding carboxylic acids is 2. The predicted octanol–water partition coefficient (Wildman–Crippen LogP) is -2.74. The van der Waals surface area contributed by atoms with Crippen LogP contribution in [0.15, 0.2) is 0 Å². The number of aliphatic hydroxyl groups excluding tert-OH is 1. The van der Waals surface area contributed by atoms with Crippen LogP contribution in [0.1, 0.15) is 20.3 Å². The zero-order valence-electron chi connectivity index (χ0n) is 6.67. The Balaban J connectivity index is -0.000000126. The number of rotatable bonds is 2. The molecule has 12 heavy (non-hydrogen) atoms. The largest absolute Gasteiger partial charge is 2.00 e. The van der Waals surface area contributed by atoms with Crippen molar-refractivity contribution in [2.45, 2.75) is 26.4 Å². The SMILES string of the molecule is CC(O)C(=O)[O-].CCC(=O)[O-].[Cu+2]. The molecule has 0 saturated carbocycles. The minimum absolute atomic E-state index is 0. The van der Waals surface area contributed by atoms with Gasteiger partial charge in [0.05, 0.1) is 12.1 Å². The molecule has 75 valence electrons. The molecule has 0 bridgehead atoms. The van der Waals surface area contributed by atoms with Gasteiger partial charge in [-0.3, -0.25) is 0 Å². The van der Waals surface area contributed by atoms with Gasteiger partial charge in [0, 0.05) is 5.97 Å². The fraction of sp³-hybridized carbons (Fsp3) is 0.667. The fourth-order valence-electron chi connectivity index (χ4n) is 0. The number of carbonyl (C=O) groups is 2. The summed E-state index contributed by atoms with van der Waals surface area (Å²) in [6.07, 6.45) is -1.23. The van der Waals surface area contributed by atoms with Gasteiger partial charge >= 0.3 is 17.1 Å². The van der Waals surface area contributed by atoms with Crippen LogP contribution >= 0.6 is 0 Å². The van der Waals surface area contributed by atoms with Crippen LogP contribution in [-0.2, 0) is 26.7 Å². The Hall–Kier alpha value is -0.581. The Morgan fingerprint density at radius 1 is 1.42 bits per heavy atom. The van der Waals surface area contributed by atoms with E-state index in [1.165, 1.54) is 6.92 Å². The Kier molecular flexibility index (Phi) is 15.2. The Bertz CT molecular complexity index is 134. The molecule has 0 spiro atoms. The monoisotopic (exact) mass is 225 g/mol. The van der Waals surface area contributed by atoms with E-state index in [9.17, 15) is 19.8 Å².